The molecule has 0 saturated heterocycles. The first kappa shape index (κ1) is 18.9. The summed E-state index contributed by atoms with van der Waals surface area (Å²) >= 11 is 0. The van der Waals surface area contributed by atoms with Gasteiger partial charge >= 0.3 is 0 Å². The SMILES string of the molecule is CCNC(=NCC(O)c1ccc(C)cc1)NCCc1ccccc1F. The molecule has 5 heteroatoms. The van der Waals surface area contributed by atoms with E-state index in [1.807, 2.05) is 44.2 Å². The van der Waals surface area contributed by atoms with E-state index < -0.39 is 6.10 Å². The Hall–Kier alpha value is -2.40. The smallest absolute Gasteiger partial charge is 0.191 e. The molecule has 0 aliphatic heterocycles. The number of rotatable bonds is 7. The highest BCUT2D eigenvalue weighted by molar-refractivity contribution is 5.79. The molecular weight excluding hydrogens is 317 g/mol. The second-order valence-corrected chi connectivity index (χ2v) is 5.91. The Bertz CT molecular complexity index is 686. The Morgan fingerprint density at radius 3 is 2.52 bits per heavy atom. The van der Waals surface area contributed by atoms with Gasteiger partial charge in [0.05, 0.1) is 12.6 Å². The molecule has 4 nitrogen and oxygen atoms in total. The largest absolute Gasteiger partial charge is 0.386 e. The Balaban J connectivity index is 1.89. The van der Waals surface area contributed by atoms with Crippen LogP contribution in [0.2, 0.25) is 0 Å². The van der Waals surface area contributed by atoms with Crippen molar-refractivity contribution in [2.45, 2.75) is 26.4 Å². The number of nitrogens with zero attached hydrogens (tertiary/aromatic N) is 1. The van der Waals surface area contributed by atoms with E-state index in [1.54, 1.807) is 12.1 Å². The van der Waals surface area contributed by atoms with Crippen LogP contribution < -0.4 is 10.6 Å². The van der Waals surface area contributed by atoms with Crippen LogP contribution in [-0.2, 0) is 6.42 Å². The summed E-state index contributed by atoms with van der Waals surface area (Å²) in [4.78, 5) is 4.42. The van der Waals surface area contributed by atoms with Gasteiger partial charge in [-0.05, 0) is 37.5 Å². The molecule has 0 spiro atoms. The minimum Gasteiger partial charge on any atom is -0.386 e. The number of benzene rings is 2. The van der Waals surface area contributed by atoms with Crippen molar-refractivity contribution in [1.29, 1.82) is 0 Å². The molecule has 0 saturated carbocycles. The van der Waals surface area contributed by atoms with Gasteiger partial charge in [0.25, 0.3) is 0 Å². The van der Waals surface area contributed by atoms with E-state index in [-0.39, 0.29) is 12.4 Å². The number of aliphatic hydroxyl groups is 1. The van der Waals surface area contributed by atoms with Crippen LogP contribution in [-0.4, -0.2) is 30.7 Å². The molecule has 0 radical (unpaired) electrons. The maximum Gasteiger partial charge on any atom is 0.191 e. The maximum atomic E-state index is 13.6. The summed E-state index contributed by atoms with van der Waals surface area (Å²) in [5, 5.41) is 16.6. The molecule has 0 aliphatic rings. The number of guanidine groups is 1. The maximum absolute atomic E-state index is 13.6. The molecule has 0 bridgehead atoms. The van der Waals surface area contributed by atoms with Crippen molar-refractivity contribution >= 4 is 5.96 Å². The van der Waals surface area contributed by atoms with Crippen molar-refractivity contribution < 1.29 is 9.50 Å². The molecule has 1 unspecified atom stereocenters. The van der Waals surface area contributed by atoms with Gasteiger partial charge in [0, 0.05) is 13.1 Å². The Labute approximate surface area is 148 Å². The molecule has 0 aromatic heterocycles. The second kappa shape index (κ2) is 9.79. The summed E-state index contributed by atoms with van der Waals surface area (Å²) in [6, 6.07) is 14.5. The summed E-state index contributed by atoms with van der Waals surface area (Å²) in [6.07, 6.45) is -0.0833. The number of aryl methyl sites for hydroxylation is 1. The third-order valence-corrected chi connectivity index (χ3v) is 3.87. The molecule has 25 heavy (non-hydrogen) atoms. The summed E-state index contributed by atoms with van der Waals surface area (Å²) in [6.45, 7) is 5.53. The van der Waals surface area contributed by atoms with Crippen LogP contribution in [0.15, 0.2) is 53.5 Å². The van der Waals surface area contributed by atoms with Crippen LogP contribution in [0, 0.1) is 12.7 Å². The monoisotopic (exact) mass is 343 g/mol. The molecule has 0 aliphatic carbocycles. The second-order valence-electron chi connectivity index (χ2n) is 5.91. The number of nitrogens with one attached hydrogen (secondary N) is 2. The van der Waals surface area contributed by atoms with E-state index in [9.17, 15) is 9.50 Å². The predicted octanol–water partition coefficient (Wildman–Crippen LogP) is 2.97. The molecular formula is C20H26FN3O. The van der Waals surface area contributed by atoms with Crippen molar-refractivity contribution in [2.75, 3.05) is 19.6 Å². The van der Waals surface area contributed by atoms with Crippen molar-refractivity contribution in [3.05, 3.63) is 71.0 Å². The van der Waals surface area contributed by atoms with Crippen molar-refractivity contribution in [1.82, 2.24) is 10.6 Å². The highest BCUT2D eigenvalue weighted by Crippen LogP contribution is 2.13. The van der Waals surface area contributed by atoms with Gasteiger partial charge in [-0.2, -0.15) is 0 Å². The highest BCUT2D eigenvalue weighted by Gasteiger charge is 2.07. The van der Waals surface area contributed by atoms with Gasteiger partial charge in [0.15, 0.2) is 5.96 Å². The van der Waals surface area contributed by atoms with Gasteiger partial charge in [-0.1, -0.05) is 48.0 Å². The Morgan fingerprint density at radius 1 is 1.12 bits per heavy atom. The number of aliphatic hydroxyl groups excluding tert-OH is 1. The van der Waals surface area contributed by atoms with Crippen LogP contribution in [0.5, 0.6) is 0 Å². The zero-order valence-electron chi connectivity index (χ0n) is 14.8. The molecule has 2 aromatic rings. The fourth-order valence-electron chi connectivity index (χ4n) is 2.43. The zero-order chi connectivity index (χ0) is 18.1. The lowest BCUT2D eigenvalue weighted by Gasteiger charge is -2.13. The Kier molecular flexibility index (Phi) is 7.41. The molecule has 1 atom stereocenters. The van der Waals surface area contributed by atoms with Crippen molar-refractivity contribution in [3.63, 3.8) is 0 Å². The summed E-state index contributed by atoms with van der Waals surface area (Å²) in [5.41, 5.74) is 2.67. The molecule has 3 N–H and O–H groups in total. The first-order valence-corrected chi connectivity index (χ1v) is 8.60. The van der Waals surface area contributed by atoms with Crippen LogP contribution in [0.1, 0.15) is 29.7 Å². The van der Waals surface area contributed by atoms with E-state index in [0.29, 0.717) is 31.0 Å². The summed E-state index contributed by atoms with van der Waals surface area (Å²) < 4.78 is 13.6. The lowest BCUT2D eigenvalue weighted by atomic mass is 10.1. The molecule has 0 fully saturated rings. The van der Waals surface area contributed by atoms with Gasteiger partial charge in [0.1, 0.15) is 5.82 Å². The van der Waals surface area contributed by atoms with E-state index in [0.717, 1.165) is 11.1 Å². The predicted molar refractivity (Wildman–Crippen MR) is 100 cm³/mol. The standard InChI is InChI=1S/C20H26FN3O/c1-3-22-20(23-13-12-16-6-4-5-7-18(16)21)24-14-19(25)17-10-8-15(2)9-11-17/h4-11,19,25H,3,12-14H2,1-2H3,(H2,22,23,24). The molecule has 134 valence electrons. The summed E-state index contributed by atoms with van der Waals surface area (Å²) in [7, 11) is 0. The van der Waals surface area contributed by atoms with E-state index in [4.69, 9.17) is 0 Å². The topological polar surface area (TPSA) is 56.7 Å². The number of hydrogen-bond acceptors (Lipinski definition) is 2. The molecule has 2 aromatic carbocycles. The number of aliphatic imine (C=N–C) groups is 1. The lowest BCUT2D eigenvalue weighted by molar-refractivity contribution is 0.187. The average molecular weight is 343 g/mol. The van der Waals surface area contributed by atoms with Crippen LogP contribution >= 0.6 is 0 Å². The zero-order valence-corrected chi connectivity index (χ0v) is 14.8. The summed E-state index contributed by atoms with van der Waals surface area (Å²) in [5.74, 6) is 0.422. The molecule has 2 rings (SSSR count). The van der Waals surface area contributed by atoms with E-state index >= 15 is 0 Å². The van der Waals surface area contributed by atoms with Gasteiger partial charge in [0.2, 0.25) is 0 Å². The van der Waals surface area contributed by atoms with Crippen LogP contribution in [0.3, 0.4) is 0 Å². The van der Waals surface area contributed by atoms with Crippen LogP contribution in [0.25, 0.3) is 0 Å². The average Bonchev–Trinajstić information content (AvgIpc) is 2.61. The van der Waals surface area contributed by atoms with Gasteiger partial charge in [-0.15, -0.1) is 0 Å². The fourth-order valence-corrected chi connectivity index (χ4v) is 2.43. The molecule has 0 heterocycles. The van der Waals surface area contributed by atoms with Gasteiger partial charge < -0.3 is 15.7 Å². The molecule has 0 amide bonds. The van der Waals surface area contributed by atoms with Crippen molar-refractivity contribution in [3.8, 4) is 0 Å². The first-order valence-electron chi connectivity index (χ1n) is 8.60. The lowest BCUT2D eigenvalue weighted by Crippen LogP contribution is -2.38. The van der Waals surface area contributed by atoms with Crippen LogP contribution in [0.4, 0.5) is 4.39 Å². The van der Waals surface area contributed by atoms with E-state index in [1.165, 1.54) is 6.07 Å². The quantitative estimate of drug-likeness (QED) is 0.535. The van der Waals surface area contributed by atoms with Gasteiger partial charge in [-0.25, -0.2) is 4.39 Å². The highest BCUT2D eigenvalue weighted by atomic mass is 19.1. The normalized spacial score (nSPS) is 12.7. The Morgan fingerprint density at radius 2 is 1.84 bits per heavy atom. The number of halogens is 1. The van der Waals surface area contributed by atoms with E-state index in [2.05, 4.69) is 15.6 Å². The fraction of sp³-hybridized carbons (Fsp3) is 0.350. The minimum atomic E-state index is -0.650. The van der Waals surface area contributed by atoms with Crippen molar-refractivity contribution in [2.24, 2.45) is 4.99 Å². The third-order valence-electron chi connectivity index (χ3n) is 3.87. The minimum absolute atomic E-state index is 0.193. The van der Waals surface area contributed by atoms with Gasteiger partial charge in [-0.3, -0.25) is 4.99 Å². The number of hydrogen-bond donors (Lipinski definition) is 3. The third kappa shape index (κ3) is 6.19. The first-order chi connectivity index (χ1) is 12.1.